The Kier molecular flexibility index (Phi) is 7.84. The molecule has 1 aliphatic rings. The minimum absolute atomic E-state index is 0. The Hall–Kier alpha value is -1.66. The maximum Gasteiger partial charge on any atom is 0.251 e. The highest BCUT2D eigenvalue weighted by Gasteiger charge is 2.16. The average Bonchev–Trinajstić information content (AvgIpc) is 2.55. The fourth-order valence-corrected chi connectivity index (χ4v) is 2.42. The summed E-state index contributed by atoms with van der Waals surface area (Å²) in [6, 6.07) is 3.31. The zero-order valence-corrected chi connectivity index (χ0v) is 13.4. The van der Waals surface area contributed by atoms with Gasteiger partial charge in [-0.25, -0.2) is 0 Å². The molecule has 1 aliphatic heterocycles. The lowest BCUT2D eigenvalue weighted by atomic mass is 10.1. The van der Waals surface area contributed by atoms with E-state index in [2.05, 4.69) is 10.3 Å². The van der Waals surface area contributed by atoms with Gasteiger partial charge < -0.3 is 16.0 Å². The molecular weight excluding hydrogens is 304 g/mol. The van der Waals surface area contributed by atoms with Crippen LogP contribution in [0.1, 0.15) is 41.7 Å². The van der Waals surface area contributed by atoms with Crippen LogP contribution in [0.25, 0.3) is 0 Å². The predicted molar refractivity (Wildman–Crippen MR) is 86.8 cm³/mol. The number of carbonyl (C=O) groups is 2. The van der Waals surface area contributed by atoms with Crippen molar-refractivity contribution in [3.8, 4) is 0 Å². The van der Waals surface area contributed by atoms with Crippen LogP contribution in [0.2, 0.25) is 0 Å². The average molecular weight is 327 g/mol. The Morgan fingerprint density at radius 2 is 2.00 bits per heavy atom. The van der Waals surface area contributed by atoms with E-state index in [1.54, 1.807) is 18.3 Å². The second-order valence-corrected chi connectivity index (χ2v) is 5.19. The van der Waals surface area contributed by atoms with Crippen LogP contribution < -0.4 is 11.1 Å². The fourth-order valence-electron chi connectivity index (χ4n) is 2.42. The number of pyridine rings is 1. The van der Waals surface area contributed by atoms with Crippen molar-refractivity contribution in [3.05, 3.63) is 29.6 Å². The van der Waals surface area contributed by atoms with E-state index in [1.807, 2.05) is 4.90 Å². The van der Waals surface area contributed by atoms with Gasteiger partial charge in [-0.1, -0.05) is 0 Å². The van der Waals surface area contributed by atoms with Gasteiger partial charge in [-0.05, 0) is 31.4 Å². The quantitative estimate of drug-likeness (QED) is 0.848. The third-order valence-corrected chi connectivity index (χ3v) is 3.62. The topological polar surface area (TPSA) is 88.3 Å². The number of hydrogen-bond acceptors (Lipinski definition) is 4. The molecule has 0 spiro atoms. The first-order valence-corrected chi connectivity index (χ1v) is 7.41. The molecule has 1 saturated heterocycles. The number of carbonyl (C=O) groups excluding carboxylic acids is 2. The molecule has 1 aromatic rings. The fraction of sp³-hybridized carbons (Fsp3) is 0.533. The number of nitrogens with zero attached hydrogens (tertiary/aromatic N) is 2. The molecule has 3 N–H and O–H groups in total. The second-order valence-electron chi connectivity index (χ2n) is 5.19. The van der Waals surface area contributed by atoms with Crippen LogP contribution >= 0.6 is 12.4 Å². The number of piperidine rings is 1. The van der Waals surface area contributed by atoms with Crippen molar-refractivity contribution >= 4 is 24.2 Å². The van der Waals surface area contributed by atoms with Crippen LogP contribution in [0.3, 0.4) is 0 Å². The highest BCUT2D eigenvalue weighted by molar-refractivity contribution is 5.94. The SMILES string of the molecule is Cl.NCc1cc(C(=O)NCCC(=O)N2CCCCC2)ccn1. The van der Waals surface area contributed by atoms with E-state index in [1.165, 1.54) is 6.42 Å². The Bertz CT molecular complexity index is 504. The predicted octanol–water partition coefficient (Wildman–Crippen LogP) is 1.09. The van der Waals surface area contributed by atoms with E-state index in [0.29, 0.717) is 30.8 Å². The van der Waals surface area contributed by atoms with Crippen molar-refractivity contribution in [2.24, 2.45) is 5.73 Å². The van der Waals surface area contributed by atoms with Crippen molar-refractivity contribution in [1.82, 2.24) is 15.2 Å². The summed E-state index contributed by atoms with van der Waals surface area (Å²) in [5, 5.41) is 2.77. The molecule has 0 radical (unpaired) electrons. The minimum Gasteiger partial charge on any atom is -0.352 e. The molecule has 0 atom stereocenters. The molecule has 2 amide bonds. The van der Waals surface area contributed by atoms with Gasteiger partial charge in [-0.3, -0.25) is 14.6 Å². The molecule has 2 rings (SSSR count). The number of nitrogens with one attached hydrogen (secondary N) is 1. The van der Waals surface area contributed by atoms with Crippen molar-refractivity contribution in [2.75, 3.05) is 19.6 Å². The van der Waals surface area contributed by atoms with E-state index in [4.69, 9.17) is 5.73 Å². The van der Waals surface area contributed by atoms with Crippen LogP contribution in [0.5, 0.6) is 0 Å². The standard InChI is InChI=1S/C15H22N4O2.ClH/c16-11-13-10-12(4-6-17-13)15(21)18-7-5-14(20)19-8-2-1-3-9-19;/h4,6,10H,1-3,5,7-9,11,16H2,(H,18,21);1H. The molecule has 122 valence electrons. The molecule has 0 aliphatic carbocycles. The van der Waals surface area contributed by atoms with Gasteiger partial charge in [0.25, 0.3) is 5.91 Å². The zero-order valence-electron chi connectivity index (χ0n) is 12.6. The van der Waals surface area contributed by atoms with Gasteiger partial charge in [-0.2, -0.15) is 0 Å². The Morgan fingerprint density at radius 3 is 2.68 bits per heavy atom. The first-order valence-electron chi connectivity index (χ1n) is 7.41. The number of likely N-dealkylation sites (tertiary alicyclic amines) is 1. The van der Waals surface area contributed by atoms with Crippen molar-refractivity contribution in [1.29, 1.82) is 0 Å². The van der Waals surface area contributed by atoms with Gasteiger partial charge in [0.15, 0.2) is 0 Å². The first kappa shape index (κ1) is 18.4. The summed E-state index contributed by atoms with van der Waals surface area (Å²) in [5.74, 6) is -0.0779. The molecule has 0 saturated carbocycles. The maximum atomic E-state index is 12.0. The Labute approximate surface area is 136 Å². The van der Waals surface area contributed by atoms with E-state index in [0.717, 1.165) is 25.9 Å². The van der Waals surface area contributed by atoms with E-state index in [-0.39, 0.29) is 24.2 Å². The molecule has 2 heterocycles. The molecular formula is C15H23ClN4O2. The normalized spacial score (nSPS) is 14.1. The smallest absolute Gasteiger partial charge is 0.251 e. The summed E-state index contributed by atoms with van der Waals surface area (Å²) in [5.41, 5.74) is 6.69. The van der Waals surface area contributed by atoms with Crippen molar-refractivity contribution < 1.29 is 9.59 Å². The van der Waals surface area contributed by atoms with E-state index < -0.39 is 0 Å². The molecule has 6 nitrogen and oxygen atoms in total. The summed E-state index contributed by atoms with van der Waals surface area (Å²) >= 11 is 0. The highest BCUT2D eigenvalue weighted by Crippen LogP contribution is 2.09. The van der Waals surface area contributed by atoms with E-state index in [9.17, 15) is 9.59 Å². The van der Waals surface area contributed by atoms with Gasteiger partial charge in [0, 0.05) is 44.4 Å². The molecule has 1 fully saturated rings. The highest BCUT2D eigenvalue weighted by atomic mass is 35.5. The first-order chi connectivity index (χ1) is 10.2. The lowest BCUT2D eigenvalue weighted by Gasteiger charge is -2.26. The zero-order chi connectivity index (χ0) is 15.1. The summed E-state index contributed by atoms with van der Waals surface area (Å²) in [7, 11) is 0. The maximum absolute atomic E-state index is 12.0. The second kappa shape index (κ2) is 9.38. The summed E-state index contributed by atoms with van der Waals surface area (Å²) < 4.78 is 0. The van der Waals surface area contributed by atoms with Gasteiger partial charge in [0.1, 0.15) is 0 Å². The van der Waals surface area contributed by atoms with Crippen LogP contribution in [0, 0.1) is 0 Å². The van der Waals surface area contributed by atoms with Gasteiger partial charge in [-0.15, -0.1) is 12.4 Å². The molecule has 7 heteroatoms. The molecule has 0 aromatic carbocycles. The van der Waals surface area contributed by atoms with Crippen LogP contribution in [0.4, 0.5) is 0 Å². The van der Waals surface area contributed by atoms with E-state index >= 15 is 0 Å². The summed E-state index contributed by atoms with van der Waals surface area (Å²) in [6.45, 7) is 2.34. The number of halogens is 1. The summed E-state index contributed by atoms with van der Waals surface area (Å²) in [6.07, 6.45) is 5.27. The number of nitrogens with two attached hydrogens (primary N) is 1. The molecule has 0 bridgehead atoms. The largest absolute Gasteiger partial charge is 0.352 e. The number of hydrogen-bond donors (Lipinski definition) is 2. The lowest BCUT2D eigenvalue weighted by Crippen LogP contribution is -2.37. The van der Waals surface area contributed by atoms with Crippen LogP contribution in [-0.4, -0.2) is 41.3 Å². The van der Waals surface area contributed by atoms with Crippen molar-refractivity contribution in [2.45, 2.75) is 32.2 Å². The molecule has 1 aromatic heterocycles. The Morgan fingerprint density at radius 1 is 1.27 bits per heavy atom. The number of aromatic nitrogens is 1. The summed E-state index contributed by atoms with van der Waals surface area (Å²) in [4.78, 5) is 29.9. The number of rotatable bonds is 5. The number of amides is 2. The van der Waals surface area contributed by atoms with Gasteiger partial charge >= 0.3 is 0 Å². The van der Waals surface area contributed by atoms with Crippen molar-refractivity contribution in [3.63, 3.8) is 0 Å². The third kappa shape index (κ3) is 5.27. The van der Waals surface area contributed by atoms with Crippen LogP contribution in [-0.2, 0) is 11.3 Å². The molecule has 0 unspecified atom stereocenters. The molecule has 22 heavy (non-hydrogen) atoms. The Balaban J connectivity index is 0.00000242. The monoisotopic (exact) mass is 326 g/mol. The lowest BCUT2D eigenvalue weighted by molar-refractivity contribution is -0.131. The van der Waals surface area contributed by atoms with Gasteiger partial charge in [0.05, 0.1) is 5.69 Å². The minimum atomic E-state index is -0.196. The van der Waals surface area contributed by atoms with Crippen LogP contribution in [0.15, 0.2) is 18.3 Å². The van der Waals surface area contributed by atoms with Gasteiger partial charge in [0.2, 0.25) is 5.91 Å². The third-order valence-electron chi connectivity index (χ3n) is 3.62.